The Morgan fingerprint density at radius 3 is 3.06 bits per heavy atom. The van der Waals surface area contributed by atoms with E-state index in [1.54, 1.807) is 29.9 Å². The molecular formula is C11H12N4S. The molecule has 82 valence electrons. The molecule has 0 amide bonds. The van der Waals surface area contributed by atoms with Gasteiger partial charge in [0.25, 0.3) is 0 Å². The van der Waals surface area contributed by atoms with Crippen LogP contribution in [-0.2, 0) is 6.54 Å². The zero-order valence-corrected chi connectivity index (χ0v) is 9.57. The standard InChI is InChI=1S/C11H12N4S/c1-2-8(1)14-5-9-7-16-11(15-9)10-6-12-3-4-13-10/h3-4,6-8,14H,1-2,5H2. The summed E-state index contributed by atoms with van der Waals surface area (Å²) in [6.45, 7) is 0.863. The van der Waals surface area contributed by atoms with Crippen molar-refractivity contribution < 1.29 is 0 Å². The first-order valence-electron chi connectivity index (χ1n) is 5.36. The molecule has 0 atom stereocenters. The van der Waals surface area contributed by atoms with Gasteiger partial charge in [-0.1, -0.05) is 0 Å². The Bertz CT molecular complexity index is 464. The largest absolute Gasteiger partial charge is 0.308 e. The van der Waals surface area contributed by atoms with Gasteiger partial charge in [0.1, 0.15) is 10.7 Å². The molecule has 0 unspecified atom stereocenters. The van der Waals surface area contributed by atoms with Gasteiger partial charge in [-0.3, -0.25) is 9.97 Å². The van der Waals surface area contributed by atoms with Crippen LogP contribution in [0.5, 0.6) is 0 Å². The van der Waals surface area contributed by atoms with Gasteiger partial charge in [0.2, 0.25) is 0 Å². The van der Waals surface area contributed by atoms with E-state index in [0.717, 1.165) is 29.0 Å². The summed E-state index contributed by atoms with van der Waals surface area (Å²) in [7, 11) is 0. The van der Waals surface area contributed by atoms with Gasteiger partial charge in [-0.05, 0) is 12.8 Å². The molecule has 2 heterocycles. The van der Waals surface area contributed by atoms with E-state index in [4.69, 9.17) is 0 Å². The summed E-state index contributed by atoms with van der Waals surface area (Å²) < 4.78 is 0. The minimum atomic E-state index is 0.724. The maximum atomic E-state index is 4.53. The summed E-state index contributed by atoms with van der Waals surface area (Å²) in [6, 6.07) is 0.724. The van der Waals surface area contributed by atoms with Crippen LogP contribution in [0.25, 0.3) is 10.7 Å². The Labute approximate surface area is 97.8 Å². The molecule has 1 aliphatic carbocycles. The van der Waals surface area contributed by atoms with Crippen LogP contribution in [0.3, 0.4) is 0 Å². The summed E-state index contributed by atoms with van der Waals surface area (Å²) in [4.78, 5) is 12.8. The van der Waals surface area contributed by atoms with Crippen molar-refractivity contribution >= 4 is 11.3 Å². The maximum Gasteiger partial charge on any atom is 0.143 e. The van der Waals surface area contributed by atoms with Gasteiger partial charge in [0.15, 0.2) is 0 Å². The van der Waals surface area contributed by atoms with Gasteiger partial charge < -0.3 is 5.32 Å². The number of thiazole rings is 1. The first-order valence-corrected chi connectivity index (χ1v) is 6.24. The smallest absolute Gasteiger partial charge is 0.143 e. The molecule has 5 heteroatoms. The van der Waals surface area contributed by atoms with Crippen molar-refractivity contribution in [2.45, 2.75) is 25.4 Å². The molecule has 2 aromatic rings. The summed E-state index contributed by atoms with van der Waals surface area (Å²) in [5.74, 6) is 0. The van der Waals surface area contributed by atoms with Crippen molar-refractivity contribution in [1.29, 1.82) is 0 Å². The van der Waals surface area contributed by atoms with Crippen LogP contribution in [0.1, 0.15) is 18.5 Å². The van der Waals surface area contributed by atoms with Crippen molar-refractivity contribution in [2.24, 2.45) is 0 Å². The van der Waals surface area contributed by atoms with Gasteiger partial charge in [-0.15, -0.1) is 11.3 Å². The molecule has 0 aromatic carbocycles. The zero-order chi connectivity index (χ0) is 10.8. The van der Waals surface area contributed by atoms with Gasteiger partial charge in [-0.2, -0.15) is 0 Å². The summed E-state index contributed by atoms with van der Waals surface area (Å²) in [6.07, 6.45) is 7.73. The summed E-state index contributed by atoms with van der Waals surface area (Å²) >= 11 is 1.62. The minimum Gasteiger partial charge on any atom is -0.308 e. The third-order valence-corrected chi connectivity index (χ3v) is 3.40. The normalized spacial score (nSPS) is 15.2. The van der Waals surface area contributed by atoms with Crippen molar-refractivity contribution in [1.82, 2.24) is 20.3 Å². The van der Waals surface area contributed by atoms with E-state index in [1.807, 2.05) is 0 Å². The maximum absolute atomic E-state index is 4.53. The topological polar surface area (TPSA) is 50.7 Å². The molecule has 1 saturated carbocycles. The number of hydrogen-bond acceptors (Lipinski definition) is 5. The predicted octanol–water partition coefficient (Wildman–Crippen LogP) is 1.85. The van der Waals surface area contributed by atoms with E-state index in [9.17, 15) is 0 Å². The lowest BCUT2D eigenvalue weighted by molar-refractivity contribution is 0.677. The molecule has 3 rings (SSSR count). The first kappa shape index (κ1) is 9.86. The van der Waals surface area contributed by atoms with Crippen molar-refractivity contribution in [3.8, 4) is 10.7 Å². The number of nitrogens with zero attached hydrogens (tertiary/aromatic N) is 3. The van der Waals surface area contributed by atoms with E-state index in [1.165, 1.54) is 12.8 Å². The van der Waals surface area contributed by atoms with Crippen molar-refractivity contribution in [3.05, 3.63) is 29.7 Å². The third kappa shape index (κ3) is 2.25. The molecule has 1 N–H and O–H groups in total. The molecule has 16 heavy (non-hydrogen) atoms. The molecule has 0 saturated heterocycles. The average Bonchev–Trinajstić information content (AvgIpc) is 3.05. The number of aromatic nitrogens is 3. The second-order valence-corrected chi connectivity index (χ2v) is 4.75. The quantitative estimate of drug-likeness (QED) is 0.874. The lowest BCUT2D eigenvalue weighted by atomic mass is 10.4. The first-order chi connectivity index (χ1) is 7.92. The highest BCUT2D eigenvalue weighted by molar-refractivity contribution is 7.13. The van der Waals surface area contributed by atoms with Crippen molar-refractivity contribution in [3.63, 3.8) is 0 Å². The lowest BCUT2D eigenvalue weighted by Crippen LogP contribution is -2.15. The molecule has 2 aromatic heterocycles. The molecule has 0 spiro atoms. The fourth-order valence-corrected chi connectivity index (χ4v) is 2.23. The highest BCUT2D eigenvalue weighted by Crippen LogP contribution is 2.22. The van der Waals surface area contributed by atoms with E-state index >= 15 is 0 Å². The predicted molar refractivity (Wildman–Crippen MR) is 63.0 cm³/mol. The number of nitrogens with one attached hydrogen (secondary N) is 1. The highest BCUT2D eigenvalue weighted by Gasteiger charge is 2.20. The van der Waals surface area contributed by atoms with Crippen LogP contribution < -0.4 is 5.32 Å². The molecule has 0 aliphatic heterocycles. The van der Waals surface area contributed by atoms with Gasteiger partial charge >= 0.3 is 0 Å². The van der Waals surface area contributed by atoms with E-state index in [2.05, 4.69) is 25.6 Å². The van der Waals surface area contributed by atoms with Crippen molar-refractivity contribution in [2.75, 3.05) is 0 Å². The Hall–Kier alpha value is -1.33. The second-order valence-electron chi connectivity index (χ2n) is 3.89. The van der Waals surface area contributed by atoms with E-state index in [0.29, 0.717) is 0 Å². The summed E-state index contributed by atoms with van der Waals surface area (Å²) in [5.41, 5.74) is 1.95. The molecule has 4 nitrogen and oxygen atoms in total. The minimum absolute atomic E-state index is 0.724. The van der Waals surface area contributed by atoms with Crippen LogP contribution in [0.15, 0.2) is 24.0 Å². The Balaban J connectivity index is 1.71. The molecule has 0 bridgehead atoms. The van der Waals surface area contributed by atoms with Gasteiger partial charge in [0, 0.05) is 30.4 Å². The van der Waals surface area contributed by atoms with Crippen LogP contribution in [0.2, 0.25) is 0 Å². The Morgan fingerprint density at radius 2 is 2.31 bits per heavy atom. The molecule has 0 radical (unpaired) electrons. The Kier molecular flexibility index (Phi) is 2.63. The highest BCUT2D eigenvalue weighted by atomic mass is 32.1. The molecule has 1 aliphatic rings. The number of rotatable bonds is 4. The van der Waals surface area contributed by atoms with Crippen LogP contribution >= 0.6 is 11.3 Å². The molecule has 1 fully saturated rings. The fourth-order valence-electron chi connectivity index (χ4n) is 1.45. The third-order valence-electron chi connectivity index (χ3n) is 2.48. The van der Waals surface area contributed by atoms with E-state index in [-0.39, 0.29) is 0 Å². The van der Waals surface area contributed by atoms with Crippen LogP contribution in [-0.4, -0.2) is 21.0 Å². The second kappa shape index (κ2) is 4.27. The fraction of sp³-hybridized carbons (Fsp3) is 0.364. The van der Waals surface area contributed by atoms with Gasteiger partial charge in [-0.25, -0.2) is 4.98 Å². The van der Waals surface area contributed by atoms with Crippen LogP contribution in [0.4, 0.5) is 0 Å². The number of hydrogen-bond donors (Lipinski definition) is 1. The lowest BCUT2D eigenvalue weighted by Gasteiger charge is -1.97. The van der Waals surface area contributed by atoms with Gasteiger partial charge in [0.05, 0.1) is 11.9 Å². The SMILES string of the molecule is c1cnc(-c2nc(CNC3CC3)cs2)cn1. The molecular weight excluding hydrogens is 220 g/mol. The monoisotopic (exact) mass is 232 g/mol. The van der Waals surface area contributed by atoms with Crippen LogP contribution in [0, 0.1) is 0 Å². The zero-order valence-electron chi connectivity index (χ0n) is 8.76. The summed E-state index contributed by atoms with van der Waals surface area (Å²) in [5, 5.41) is 6.47. The van der Waals surface area contributed by atoms with E-state index < -0.39 is 0 Å². The Morgan fingerprint density at radius 1 is 1.38 bits per heavy atom. The average molecular weight is 232 g/mol.